The minimum Gasteiger partial charge on any atom is -0.362 e. The summed E-state index contributed by atoms with van der Waals surface area (Å²) >= 11 is 0. The Bertz CT molecular complexity index is 2360. The molecule has 0 aliphatic carbocycles. The first kappa shape index (κ1) is 42.7. The summed E-state index contributed by atoms with van der Waals surface area (Å²) in [6, 6.07) is 13.6. The predicted molar refractivity (Wildman–Crippen MR) is 244 cm³/mol. The molecule has 8 nitrogen and oxygen atoms in total. The van der Waals surface area contributed by atoms with Crippen LogP contribution in [0, 0.1) is 13.8 Å². The lowest BCUT2D eigenvalue weighted by atomic mass is 9.88. The van der Waals surface area contributed by atoms with E-state index in [0.717, 1.165) is 97.2 Å². The van der Waals surface area contributed by atoms with Crippen molar-refractivity contribution in [2.75, 3.05) is 14.1 Å². The second kappa shape index (κ2) is 19.1. The zero-order valence-electron chi connectivity index (χ0n) is 35.9. The first-order chi connectivity index (χ1) is 27.5. The summed E-state index contributed by atoms with van der Waals surface area (Å²) in [5.41, 5.74) is 13.9. The van der Waals surface area contributed by atoms with Crippen LogP contribution in [0.1, 0.15) is 112 Å². The first-order valence-corrected chi connectivity index (χ1v) is 20.7. The van der Waals surface area contributed by atoms with Gasteiger partial charge in [-0.05, 0) is 98.5 Å². The molecule has 0 spiro atoms. The summed E-state index contributed by atoms with van der Waals surface area (Å²) in [4.78, 5) is 8.75. The fraction of sp³-hybridized carbons (Fsp3) is 0.367. The summed E-state index contributed by atoms with van der Waals surface area (Å²) in [5, 5.41) is 16.7. The van der Waals surface area contributed by atoms with Gasteiger partial charge in [0.15, 0.2) is 0 Å². The molecule has 2 aliphatic heterocycles. The van der Waals surface area contributed by atoms with Gasteiger partial charge in [0.2, 0.25) is 0 Å². The molecule has 3 aromatic heterocycles. The maximum Gasteiger partial charge on any atom is 0.0967 e. The van der Waals surface area contributed by atoms with Crippen LogP contribution in [0.15, 0.2) is 92.3 Å². The molecule has 0 bridgehead atoms. The SMILES string of the molecule is C=C1CCC(n2c(=C)c3ccc(CCCCCn4cc(CN(C)Cc5c(C)cc(C6=CN(C)C(=C)c7cnccc76)cc5C)nn4)cc3c2=C)C(=C)N1.CC.CC.[HH]. The highest BCUT2D eigenvalue weighted by atomic mass is 15.4. The fourth-order valence-electron chi connectivity index (χ4n) is 8.10. The lowest BCUT2D eigenvalue weighted by Crippen LogP contribution is -2.36. The molecule has 7 rings (SSSR count). The van der Waals surface area contributed by atoms with Gasteiger partial charge in [-0.2, -0.15) is 0 Å². The first-order valence-electron chi connectivity index (χ1n) is 20.7. The number of aromatic nitrogens is 5. The molecule has 2 aliphatic rings. The van der Waals surface area contributed by atoms with Gasteiger partial charge in [-0.1, -0.05) is 96.5 Å². The third kappa shape index (κ3) is 9.40. The Labute approximate surface area is 342 Å². The molecular weight excluding hydrogens is 701 g/mol. The Morgan fingerprint density at radius 2 is 1.60 bits per heavy atom. The van der Waals surface area contributed by atoms with Gasteiger partial charge < -0.3 is 14.8 Å². The lowest BCUT2D eigenvalue weighted by Gasteiger charge is -2.29. The van der Waals surface area contributed by atoms with E-state index < -0.39 is 0 Å². The van der Waals surface area contributed by atoms with E-state index in [0.29, 0.717) is 0 Å². The van der Waals surface area contributed by atoms with E-state index in [4.69, 9.17) is 0 Å². The van der Waals surface area contributed by atoms with E-state index in [1.807, 2.05) is 51.8 Å². The normalized spacial score (nSPS) is 15.1. The van der Waals surface area contributed by atoms with Crippen molar-refractivity contribution in [3.05, 3.63) is 148 Å². The number of hydrogen-bond acceptors (Lipinski definition) is 6. The van der Waals surface area contributed by atoms with Crippen LogP contribution in [-0.4, -0.2) is 48.4 Å². The summed E-state index contributed by atoms with van der Waals surface area (Å²) < 4.78 is 4.25. The number of nitrogens with zero attached hydrogens (tertiary/aromatic N) is 7. The summed E-state index contributed by atoms with van der Waals surface area (Å²) in [6.07, 6.45) is 14.3. The maximum atomic E-state index is 4.51. The van der Waals surface area contributed by atoms with E-state index in [9.17, 15) is 0 Å². The van der Waals surface area contributed by atoms with E-state index in [1.165, 1.54) is 49.7 Å². The number of rotatable bonds is 12. The molecule has 1 atom stereocenters. The number of benzene rings is 2. The lowest BCUT2D eigenvalue weighted by molar-refractivity contribution is 0.313. The van der Waals surface area contributed by atoms with Crippen molar-refractivity contribution >= 4 is 35.2 Å². The van der Waals surface area contributed by atoms with Crippen LogP contribution < -0.4 is 16.0 Å². The van der Waals surface area contributed by atoms with Gasteiger partial charge in [0, 0.05) is 103 Å². The third-order valence-electron chi connectivity index (χ3n) is 11.0. The van der Waals surface area contributed by atoms with Gasteiger partial charge in [-0.15, -0.1) is 5.10 Å². The largest absolute Gasteiger partial charge is 0.362 e. The van der Waals surface area contributed by atoms with Crippen molar-refractivity contribution < 1.29 is 1.43 Å². The molecule has 0 saturated carbocycles. The molecular formula is C49H66N8. The Balaban J connectivity index is 0.00000144. The molecule has 302 valence electrons. The molecule has 0 radical (unpaired) electrons. The second-order valence-electron chi connectivity index (χ2n) is 15.0. The Morgan fingerprint density at radius 3 is 2.32 bits per heavy atom. The van der Waals surface area contributed by atoms with Crippen LogP contribution >= 0.6 is 0 Å². The van der Waals surface area contributed by atoms with Crippen molar-refractivity contribution in [3.63, 3.8) is 0 Å². The van der Waals surface area contributed by atoms with Gasteiger partial charge in [0.25, 0.3) is 0 Å². The van der Waals surface area contributed by atoms with Gasteiger partial charge in [0.1, 0.15) is 0 Å². The van der Waals surface area contributed by atoms with Crippen molar-refractivity contribution in [1.29, 1.82) is 0 Å². The Kier molecular flexibility index (Phi) is 14.3. The average Bonchev–Trinajstić information content (AvgIpc) is 3.75. The molecule has 57 heavy (non-hydrogen) atoms. The average molecular weight is 767 g/mol. The monoisotopic (exact) mass is 767 g/mol. The minimum atomic E-state index is 0. The Hall–Kier alpha value is -5.47. The highest BCUT2D eigenvalue weighted by Crippen LogP contribution is 2.37. The summed E-state index contributed by atoms with van der Waals surface area (Å²) in [7, 11) is 4.20. The van der Waals surface area contributed by atoms with E-state index in [2.05, 4.69) is 138 Å². The molecule has 1 fully saturated rings. The van der Waals surface area contributed by atoms with Crippen molar-refractivity contribution in [3.8, 4) is 0 Å². The standard InChI is InChI=1S/C45H52N8.2C2H6.H2/c1-29-21-37(44-28-51(9)33(5)42-24-46-19-18-40(42)44)22-30(2)43(29)27-50(8)25-38-26-52(49-48-38)20-12-10-11-13-36-15-16-39-34(6)53(35(7)41(39)23-36)45-17-14-31(3)47-32(45)4;2*1-2;/h15-16,18-19,21-24,26,28,45,47H,3-7,10-14,17,20,25,27H2,1-2,8-9H3;2*1-2H3;1H. The number of hydrogen-bond donors (Lipinski definition) is 1. The van der Waals surface area contributed by atoms with E-state index >= 15 is 0 Å². The van der Waals surface area contributed by atoms with Crippen LogP contribution in [0.5, 0.6) is 0 Å². The van der Waals surface area contributed by atoms with Gasteiger partial charge in [-0.3, -0.25) is 14.6 Å². The molecule has 8 heteroatoms. The van der Waals surface area contributed by atoms with Gasteiger partial charge in [-0.25, -0.2) is 0 Å². The fourth-order valence-corrected chi connectivity index (χ4v) is 8.10. The van der Waals surface area contributed by atoms with E-state index in [1.54, 1.807) is 0 Å². The van der Waals surface area contributed by atoms with Crippen LogP contribution in [0.25, 0.3) is 35.2 Å². The highest BCUT2D eigenvalue weighted by molar-refractivity contribution is 5.90. The molecule has 1 saturated heterocycles. The second-order valence-corrected chi connectivity index (χ2v) is 15.0. The maximum absolute atomic E-state index is 4.51. The zero-order valence-corrected chi connectivity index (χ0v) is 35.9. The summed E-state index contributed by atoms with van der Waals surface area (Å²) in [6.45, 7) is 36.4. The number of pyridine rings is 1. The van der Waals surface area contributed by atoms with Crippen LogP contribution in [0.2, 0.25) is 0 Å². The van der Waals surface area contributed by atoms with Gasteiger partial charge in [0.05, 0.1) is 11.7 Å². The number of fused-ring (bicyclic) bond motifs is 2. The smallest absolute Gasteiger partial charge is 0.0967 e. The predicted octanol–water partition coefficient (Wildman–Crippen LogP) is 9.67. The van der Waals surface area contributed by atoms with E-state index in [-0.39, 0.29) is 7.47 Å². The molecule has 2 aromatic carbocycles. The number of nitrogens with one attached hydrogen (secondary N) is 1. The van der Waals surface area contributed by atoms with Crippen molar-refractivity contribution in [1.82, 2.24) is 39.7 Å². The van der Waals surface area contributed by atoms with Gasteiger partial charge >= 0.3 is 0 Å². The molecule has 5 heterocycles. The third-order valence-corrected chi connectivity index (χ3v) is 11.0. The van der Waals surface area contributed by atoms with Crippen LogP contribution in [0.4, 0.5) is 0 Å². The molecule has 0 amide bonds. The molecule has 5 aromatic rings. The number of unbranched alkanes of at least 4 members (excludes halogenated alkanes) is 2. The number of aryl methyl sites for hydroxylation is 4. The molecule has 1 unspecified atom stereocenters. The van der Waals surface area contributed by atoms with Crippen molar-refractivity contribution in [2.24, 2.45) is 0 Å². The quantitative estimate of drug-likeness (QED) is 0.128. The highest BCUT2D eigenvalue weighted by Gasteiger charge is 2.23. The van der Waals surface area contributed by atoms with Crippen LogP contribution in [-0.2, 0) is 26.1 Å². The van der Waals surface area contributed by atoms with Crippen molar-refractivity contribution in [2.45, 2.75) is 106 Å². The molecule has 1 N–H and O–H groups in total. The zero-order chi connectivity index (χ0) is 41.4. The topological polar surface area (TPSA) is 67.0 Å². The number of piperidine rings is 1. The summed E-state index contributed by atoms with van der Waals surface area (Å²) in [5.74, 6) is 0. The minimum absolute atomic E-state index is 0. The Morgan fingerprint density at radius 1 is 0.877 bits per heavy atom. The number of allylic oxidation sites excluding steroid dienone is 2. The van der Waals surface area contributed by atoms with Crippen LogP contribution in [0.3, 0.4) is 0 Å².